The van der Waals surface area contributed by atoms with Gasteiger partial charge in [0.05, 0.1) is 72.6 Å². The minimum atomic E-state index is -0.182. The lowest BCUT2D eigenvalue weighted by Gasteiger charge is -2.20. The van der Waals surface area contributed by atoms with E-state index in [0.29, 0.717) is 45.3 Å². The van der Waals surface area contributed by atoms with Gasteiger partial charge in [-0.2, -0.15) is 0 Å². The van der Waals surface area contributed by atoms with Gasteiger partial charge in [0.15, 0.2) is 35.6 Å². The highest BCUT2D eigenvalue weighted by molar-refractivity contribution is 6.24. The molecular formula is C78H70N4O6. The van der Waals surface area contributed by atoms with Crippen LogP contribution in [0, 0.1) is 47.4 Å². The Morgan fingerprint density at radius 3 is 0.773 bits per heavy atom. The summed E-state index contributed by atoms with van der Waals surface area (Å²) in [5.41, 5.74) is 16.6. The summed E-state index contributed by atoms with van der Waals surface area (Å²) in [5.74, 6) is 29.1. The van der Waals surface area contributed by atoms with Crippen LogP contribution in [0.4, 0.5) is 0 Å². The Hall–Kier alpha value is -10.3. The van der Waals surface area contributed by atoms with Crippen molar-refractivity contribution < 1.29 is 28.5 Å². The first-order valence-corrected chi connectivity index (χ1v) is 29.5. The highest BCUT2D eigenvalue weighted by atomic mass is 16.5. The van der Waals surface area contributed by atoms with E-state index in [9.17, 15) is 9.59 Å². The number of ether oxygens (including phenoxy) is 4. The zero-order valence-corrected chi connectivity index (χ0v) is 52.8. The molecule has 88 heavy (non-hydrogen) atoms. The van der Waals surface area contributed by atoms with E-state index in [1.807, 2.05) is 0 Å². The molecule has 0 unspecified atom stereocenters. The summed E-state index contributed by atoms with van der Waals surface area (Å²) in [5, 5.41) is 8.54. The smallest absolute Gasteiger partial charge is 0.162 e. The maximum Gasteiger partial charge on any atom is 0.162 e. The fourth-order valence-electron chi connectivity index (χ4n) is 11.9. The molecule has 0 radical (unpaired) electrons. The summed E-state index contributed by atoms with van der Waals surface area (Å²) in [6.07, 6.45) is 1.59. The summed E-state index contributed by atoms with van der Waals surface area (Å²) >= 11 is 0. The summed E-state index contributed by atoms with van der Waals surface area (Å²) in [6.45, 7) is 26.6. The van der Waals surface area contributed by atoms with Crippen LogP contribution in [0.5, 0.6) is 23.0 Å². The lowest BCUT2D eigenvalue weighted by Crippen LogP contribution is -2.11. The number of hydrogen-bond donors (Lipinski definition) is 4. The zero-order chi connectivity index (χ0) is 62.5. The molecule has 0 atom stereocenters. The van der Waals surface area contributed by atoms with Gasteiger partial charge in [0.2, 0.25) is 0 Å². The number of hydrogen-bond acceptors (Lipinski definition) is 6. The molecule has 0 fully saturated rings. The third kappa shape index (κ3) is 10.1. The number of aromatic amines is 4. The predicted octanol–water partition coefficient (Wildman–Crippen LogP) is 17.3. The van der Waals surface area contributed by atoms with Gasteiger partial charge in [-0.3, -0.25) is 9.59 Å². The van der Waals surface area contributed by atoms with Gasteiger partial charge in [0.25, 0.3) is 0 Å². The van der Waals surface area contributed by atoms with E-state index in [4.69, 9.17) is 18.9 Å². The van der Waals surface area contributed by atoms with Crippen LogP contribution in [0.1, 0.15) is 159 Å². The number of benzene rings is 8. The van der Waals surface area contributed by atoms with Gasteiger partial charge < -0.3 is 38.9 Å². The third-order valence-electron chi connectivity index (χ3n) is 17.1. The van der Waals surface area contributed by atoms with Crippen LogP contribution >= 0.6 is 0 Å². The molecule has 0 aliphatic rings. The largest absolute Gasteiger partial charge is 0.493 e. The molecule has 0 bridgehead atoms. The van der Waals surface area contributed by atoms with Gasteiger partial charge in [-0.25, -0.2) is 0 Å². The summed E-state index contributed by atoms with van der Waals surface area (Å²) in [4.78, 5) is 40.0. The van der Waals surface area contributed by atoms with Crippen LogP contribution in [0.15, 0.2) is 97.1 Å². The molecule has 12 aromatic rings. The summed E-state index contributed by atoms with van der Waals surface area (Å²) in [6, 6.07) is 33.5. The molecule has 10 heteroatoms. The van der Waals surface area contributed by atoms with Gasteiger partial charge >= 0.3 is 0 Å². The van der Waals surface area contributed by atoms with Gasteiger partial charge in [0, 0.05) is 99.7 Å². The minimum absolute atomic E-state index is 0.179. The van der Waals surface area contributed by atoms with Crippen LogP contribution in [0.2, 0.25) is 0 Å². The lowest BCUT2D eigenvalue weighted by atomic mass is 9.84. The molecule has 0 spiro atoms. The Labute approximate surface area is 513 Å². The molecule has 0 aliphatic heterocycles. The standard InChI is InChI=1S/C78H70N4O6/c1-75(2,3)51-29-45(67-59(37-51)55-25-27-57-61-39-53(77(7,8)9)31-47(69(61)81-73(57)71(55)79-67)23-21-43-33-63(85-13)65(87-15)35-49(43)41-83)19-17-18-20-46-30-52(76(4,5)6)38-60-56-26-28-58-62-40-54(78(10,11)12)32-48(70(62)82-74(58)72(56)80-68(46)60)24-22-44-34-64(86-14)66(88-16)36-50(44)42-84/h25-42,79-82H,1-16H3. The Kier molecular flexibility index (Phi) is 14.1. The Bertz CT molecular complexity index is 4920. The second kappa shape index (κ2) is 21.3. The van der Waals surface area contributed by atoms with Gasteiger partial charge in [-0.15, -0.1) is 0 Å². The summed E-state index contributed by atoms with van der Waals surface area (Å²) in [7, 11) is 6.23. The first-order valence-electron chi connectivity index (χ1n) is 29.5. The molecule has 4 N–H and O–H groups in total. The number of aldehydes is 2. The van der Waals surface area contributed by atoms with E-state index in [1.54, 1.807) is 52.7 Å². The fraction of sp³-hybridized carbons (Fsp3) is 0.256. The number of H-pyrrole nitrogens is 4. The molecule has 4 aromatic heterocycles. The lowest BCUT2D eigenvalue weighted by molar-refractivity contribution is 0.111. The van der Waals surface area contributed by atoms with Gasteiger partial charge in [-0.1, -0.05) is 143 Å². The molecule has 0 saturated carbocycles. The Morgan fingerprint density at radius 1 is 0.295 bits per heavy atom. The average molecular weight is 1160 g/mol. The Morgan fingerprint density at radius 2 is 0.534 bits per heavy atom. The van der Waals surface area contributed by atoms with Crippen molar-refractivity contribution in [2.24, 2.45) is 0 Å². The number of carbonyl (C=O) groups excluding carboxylic acids is 2. The van der Waals surface area contributed by atoms with Crippen molar-refractivity contribution in [1.82, 2.24) is 19.9 Å². The van der Waals surface area contributed by atoms with Crippen LogP contribution in [-0.2, 0) is 21.7 Å². The highest BCUT2D eigenvalue weighted by Crippen LogP contribution is 2.43. The molecular weight excluding hydrogens is 1090 g/mol. The second-order valence-corrected chi connectivity index (χ2v) is 26.9. The second-order valence-electron chi connectivity index (χ2n) is 26.9. The van der Waals surface area contributed by atoms with Crippen molar-refractivity contribution in [1.29, 1.82) is 0 Å². The minimum Gasteiger partial charge on any atom is -0.493 e. The average Bonchev–Trinajstić information content (AvgIpc) is 1.61. The first kappa shape index (κ1) is 58.1. The van der Waals surface area contributed by atoms with Crippen molar-refractivity contribution in [2.45, 2.75) is 105 Å². The van der Waals surface area contributed by atoms with Crippen molar-refractivity contribution in [2.75, 3.05) is 28.4 Å². The van der Waals surface area contributed by atoms with Crippen LogP contribution in [0.25, 0.3) is 87.2 Å². The number of aromatic nitrogens is 4. The number of rotatable bonds is 6. The van der Waals surface area contributed by atoms with Crippen molar-refractivity contribution in [3.05, 3.63) is 164 Å². The number of fused-ring (bicyclic) bond motifs is 14. The van der Waals surface area contributed by atoms with E-state index in [-0.39, 0.29) is 21.7 Å². The van der Waals surface area contributed by atoms with E-state index < -0.39 is 0 Å². The van der Waals surface area contributed by atoms with Crippen LogP contribution < -0.4 is 18.9 Å². The fourth-order valence-corrected chi connectivity index (χ4v) is 11.9. The molecule has 4 heterocycles. The molecule has 0 amide bonds. The molecule has 0 saturated heterocycles. The van der Waals surface area contributed by atoms with E-state index >= 15 is 0 Å². The van der Waals surface area contributed by atoms with Crippen molar-refractivity contribution in [3.8, 4) is 70.4 Å². The normalized spacial score (nSPS) is 12.0. The molecule has 0 aliphatic carbocycles. The van der Waals surface area contributed by atoms with Crippen molar-refractivity contribution in [3.63, 3.8) is 0 Å². The number of methoxy groups -OCH3 is 4. The molecule has 8 aromatic carbocycles. The molecule has 10 nitrogen and oxygen atoms in total. The van der Waals surface area contributed by atoms with Crippen molar-refractivity contribution >= 4 is 99.8 Å². The third-order valence-corrected chi connectivity index (χ3v) is 17.1. The predicted molar refractivity (Wildman–Crippen MR) is 361 cm³/mol. The summed E-state index contributed by atoms with van der Waals surface area (Å²) < 4.78 is 22.2. The SMILES string of the molecule is COc1cc(C#Cc2cc(C(C)(C)C)cc3c2[nH]c2c3ccc3c4cc(C(C)(C)C)cc(C#CC#Cc5cc(C(C)(C)C)cc6c5[nH]c5c6ccc6c7cc(C(C)(C)C)cc(C#Cc8cc(OC)c(OC)cc8C=O)c7[nH]c65)c4[nH]c32)c(C=O)cc1OC. The molecule has 12 rings (SSSR count). The maximum atomic E-state index is 12.3. The zero-order valence-electron chi connectivity index (χ0n) is 52.8. The van der Waals surface area contributed by atoms with E-state index in [2.05, 4.69) is 223 Å². The highest BCUT2D eigenvalue weighted by Gasteiger charge is 2.25. The van der Waals surface area contributed by atoms with Crippen LogP contribution in [-0.4, -0.2) is 60.9 Å². The first-order chi connectivity index (χ1) is 41.8. The monoisotopic (exact) mass is 1160 g/mol. The topological polar surface area (TPSA) is 134 Å². The Balaban J connectivity index is 0.996. The van der Waals surface area contributed by atoms with E-state index in [0.717, 1.165) is 144 Å². The number of carbonyl (C=O) groups is 2. The van der Waals surface area contributed by atoms with Crippen LogP contribution in [0.3, 0.4) is 0 Å². The quantitative estimate of drug-likeness (QED) is 0.0968. The van der Waals surface area contributed by atoms with Gasteiger partial charge in [0.1, 0.15) is 0 Å². The van der Waals surface area contributed by atoms with Gasteiger partial charge in [-0.05, 0) is 116 Å². The molecule has 438 valence electrons. The number of nitrogens with one attached hydrogen (secondary N) is 4. The van der Waals surface area contributed by atoms with E-state index in [1.165, 1.54) is 0 Å². The maximum absolute atomic E-state index is 12.3.